The molecule has 1 aliphatic rings. The number of benzene rings is 1. The summed E-state index contributed by atoms with van der Waals surface area (Å²) >= 11 is 1.33. The van der Waals surface area contributed by atoms with Gasteiger partial charge < -0.3 is 5.32 Å². The number of alkyl halides is 1. The maximum absolute atomic E-state index is 12.9. The summed E-state index contributed by atoms with van der Waals surface area (Å²) in [6.07, 6.45) is 2.52. The van der Waals surface area contributed by atoms with Gasteiger partial charge in [0.1, 0.15) is 6.17 Å². The summed E-state index contributed by atoms with van der Waals surface area (Å²) in [5.41, 5.74) is 2.91. The highest BCUT2D eigenvalue weighted by Crippen LogP contribution is 2.37. The molecule has 2 aromatic heterocycles. The molecule has 1 amide bonds. The Hall–Kier alpha value is -2.85. The molecule has 3 aromatic rings. The van der Waals surface area contributed by atoms with Crippen LogP contribution >= 0.6 is 11.3 Å². The van der Waals surface area contributed by atoms with Crippen molar-refractivity contribution in [2.45, 2.75) is 12.6 Å². The predicted octanol–water partition coefficient (Wildman–Crippen LogP) is 4.21. The SMILES string of the molecule is [C-]#[N+]c1ccncc1-c1ccc2nc(NC(=O)[C@@H]3C[C@@H]3F)sc2c1. The van der Waals surface area contributed by atoms with E-state index < -0.39 is 12.1 Å². The summed E-state index contributed by atoms with van der Waals surface area (Å²) in [6.45, 7) is 7.25. The zero-order valence-electron chi connectivity index (χ0n) is 12.4. The zero-order chi connectivity index (χ0) is 16.7. The van der Waals surface area contributed by atoms with Gasteiger partial charge in [-0.3, -0.25) is 9.78 Å². The number of fused-ring (bicyclic) bond motifs is 1. The maximum atomic E-state index is 12.9. The first-order valence-corrected chi connectivity index (χ1v) is 8.15. The summed E-state index contributed by atoms with van der Waals surface area (Å²) in [7, 11) is 0. The van der Waals surface area contributed by atoms with E-state index in [1.807, 2.05) is 18.2 Å². The quantitative estimate of drug-likeness (QED) is 0.728. The van der Waals surface area contributed by atoms with E-state index in [0.29, 0.717) is 17.2 Å². The van der Waals surface area contributed by atoms with Crippen LogP contribution in [0.25, 0.3) is 26.2 Å². The van der Waals surface area contributed by atoms with Crippen molar-refractivity contribution in [3.63, 3.8) is 0 Å². The van der Waals surface area contributed by atoms with Crippen LogP contribution in [0, 0.1) is 12.5 Å². The number of rotatable bonds is 3. The van der Waals surface area contributed by atoms with Crippen molar-refractivity contribution < 1.29 is 9.18 Å². The lowest BCUT2D eigenvalue weighted by Gasteiger charge is -2.03. The van der Waals surface area contributed by atoms with E-state index in [9.17, 15) is 9.18 Å². The molecular formula is C17H11FN4OS. The van der Waals surface area contributed by atoms with Crippen LogP contribution in [0.3, 0.4) is 0 Å². The molecule has 0 bridgehead atoms. The normalized spacial score (nSPS) is 19.0. The van der Waals surface area contributed by atoms with Gasteiger partial charge in [0.15, 0.2) is 10.8 Å². The van der Waals surface area contributed by atoms with Gasteiger partial charge in [-0.1, -0.05) is 17.4 Å². The third-order valence-corrected chi connectivity index (χ3v) is 4.83. The predicted molar refractivity (Wildman–Crippen MR) is 90.7 cm³/mol. The van der Waals surface area contributed by atoms with Gasteiger partial charge in [-0.05, 0) is 30.2 Å². The van der Waals surface area contributed by atoms with Gasteiger partial charge in [0.05, 0.1) is 22.7 Å². The van der Waals surface area contributed by atoms with Crippen molar-refractivity contribution in [2.75, 3.05) is 5.32 Å². The number of hydrogen-bond acceptors (Lipinski definition) is 4. The first-order valence-electron chi connectivity index (χ1n) is 7.33. The van der Waals surface area contributed by atoms with E-state index in [1.165, 1.54) is 11.3 Å². The van der Waals surface area contributed by atoms with E-state index in [1.54, 1.807) is 18.5 Å². The molecule has 7 heteroatoms. The van der Waals surface area contributed by atoms with Crippen molar-refractivity contribution >= 4 is 38.3 Å². The molecule has 0 radical (unpaired) electrons. The van der Waals surface area contributed by atoms with Crippen LogP contribution < -0.4 is 5.32 Å². The molecule has 2 heterocycles. The van der Waals surface area contributed by atoms with Crippen LogP contribution in [0.1, 0.15) is 6.42 Å². The first kappa shape index (κ1) is 14.7. The average Bonchev–Trinajstić information content (AvgIpc) is 3.20. The lowest BCUT2D eigenvalue weighted by atomic mass is 10.1. The number of amides is 1. The minimum Gasteiger partial charge on any atom is -0.302 e. The zero-order valence-corrected chi connectivity index (χ0v) is 13.2. The van der Waals surface area contributed by atoms with Crippen LogP contribution in [0.15, 0.2) is 36.7 Å². The van der Waals surface area contributed by atoms with E-state index in [-0.39, 0.29) is 5.91 Å². The molecule has 4 rings (SSSR count). The monoisotopic (exact) mass is 338 g/mol. The first-order chi connectivity index (χ1) is 11.7. The Morgan fingerprint density at radius 2 is 2.25 bits per heavy atom. The highest BCUT2D eigenvalue weighted by atomic mass is 32.1. The standard InChI is InChI=1S/C17H11FN4OS/c1-19-13-4-5-20-8-11(13)9-2-3-14-15(6-9)24-17(21-14)22-16(23)10-7-12(10)18/h2-6,8,10,12H,7H2,(H,21,22,23)/t10-,12+/m1/s1. The molecule has 0 spiro atoms. The van der Waals surface area contributed by atoms with Crippen molar-refractivity contribution in [1.29, 1.82) is 0 Å². The highest BCUT2D eigenvalue weighted by molar-refractivity contribution is 7.22. The molecule has 0 aliphatic heterocycles. The Bertz CT molecular complexity index is 994. The third kappa shape index (κ3) is 2.61. The fraction of sp³-hybridized carbons (Fsp3) is 0.176. The molecule has 1 saturated carbocycles. The number of aromatic nitrogens is 2. The van der Waals surface area contributed by atoms with Crippen molar-refractivity contribution in [1.82, 2.24) is 9.97 Å². The number of halogens is 1. The van der Waals surface area contributed by atoms with Gasteiger partial charge >= 0.3 is 0 Å². The van der Waals surface area contributed by atoms with Crippen molar-refractivity contribution in [3.05, 3.63) is 48.1 Å². The smallest absolute Gasteiger partial charge is 0.232 e. The van der Waals surface area contributed by atoms with Crippen LogP contribution in [0.4, 0.5) is 15.2 Å². The number of anilines is 1. The summed E-state index contributed by atoms with van der Waals surface area (Å²) in [6, 6.07) is 7.31. The number of nitrogens with zero attached hydrogens (tertiary/aromatic N) is 3. The number of hydrogen-bond donors (Lipinski definition) is 1. The molecule has 0 saturated heterocycles. The largest absolute Gasteiger partial charge is 0.302 e. The lowest BCUT2D eigenvalue weighted by molar-refractivity contribution is -0.117. The fourth-order valence-corrected chi connectivity index (χ4v) is 3.39. The van der Waals surface area contributed by atoms with Crippen LogP contribution in [0.2, 0.25) is 0 Å². The molecule has 0 unspecified atom stereocenters. The molecule has 5 nitrogen and oxygen atoms in total. The molecule has 118 valence electrons. The second-order valence-electron chi connectivity index (χ2n) is 5.55. The van der Waals surface area contributed by atoms with Gasteiger partial charge in [-0.2, -0.15) is 0 Å². The van der Waals surface area contributed by atoms with Gasteiger partial charge in [0.2, 0.25) is 5.91 Å². The van der Waals surface area contributed by atoms with E-state index in [4.69, 9.17) is 6.57 Å². The third-order valence-electron chi connectivity index (χ3n) is 3.90. The van der Waals surface area contributed by atoms with Gasteiger partial charge in [0, 0.05) is 18.0 Å². The van der Waals surface area contributed by atoms with Crippen LogP contribution in [-0.2, 0) is 4.79 Å². The lowest BCUT2D eigenvalue weighted by Crippen LogP contribution is -2.14. The Morgan fingerprint density at radius 1 is 1.42 bits per heavy atom. The van der Waals surface area contributed by atoms with Crippen LogP contribution in [-0.4, -0.2) is 22.0 Å². The summed E-state index contributed by atoms with van der Waals surface area (Å²) in [5, 5.41) is 3.13. The van der Waals surface area contributed by atoms with Crippen molar-refractivity contribution in [2.24, 2.45) is 5.92 Å². The number of thiazole rings is 1. The number of pyridine rings is 1. The van der Waals surface area contributed by atoms with Gasteiger partial charge in [-0.25, -0.2) is 14.2 Å². The second-order valence-corrected chi connectivity index (χ2v) is 6.58. The summed E-state index contributed by atoms with van der Waals surface area (Å²) in [4.78, 5) is 23.8. The summed E-state index contributed by atoms with van der Waals surface area (Å²) < 4.78 is 13.8. The Labute approximate surface area is 141 Å². The second kappa shape index (κ2) is 5.65. The maximum Gasteiger partial charge on any atom is 0.232 e. The molecule has 1 aliphatic carbocycles. The number of carbonyl (C=O) groups is 1. The average molecular weight is 338 g/mol. The topological polar surface area (TPSA) is 59.2 Å². The van der Waals surface area contributed by atoms with E-state index in [2.05, 4.69) is 20.1 Å². The molecule has 24 heavy (non-hydrogen) atoms. The molecule has 1 fully saturated rings. The summed E-state index contributed by atoms with van der Waals surface area (Å²) in [5.74, 6) is -0.853. The molecule has 2 atom stereocenters. The van der Waals surface area contributed by atoms with E-state index >= 15 is 0 Å². The molecule has 1 N–H and O–H groups in total. The van der Waals surface area contributed by atoms with Crippen LogP contribution in [0.5, 0.6) is 0 Å². The molecule has 1 aromatic carbocycles. The highest BCUT2D eigenvalue weighted by Gasteiger charge is 2.43. The minimum atomic E-state index is -1.02. The van der Waals surface area contributed by atoms with Gasteiger partial charge in [0.25, 0.3) is 0 Å². The minimum absolute atomic E-state index is 0.293. The Balaban J connectivity index is 1.66. The van der Waals surface area contributed by atoms with Gasteiger partial charge in [-0.15, -0.1) is 0 Å². The van der Waals surface area contributed by atoms with E-state index in [0.717, 1.165) is 21.3 Å². The number of carbonyl (C=O) groups excluding carboxylic acids is 1. The van der Waals surface area contributed by atoms with Crippen molar-refractivity contribution in [3.8, 4) is 11.1 Å². The Morgan fingerprint density at radius 3 is 3.00 bits per heavy atom. The fourth-order valence-electron chi connectivity index (χ4n) is 2.49. The molecular weight excluding hydrogens is 327 g/mol. The Kier molecular flexibility index (Phi) is 3.47. The number of nitrogens with one attached hydrogen (secondary N) is 1.